The summed E-state index contributed by atoms with van der Waals surface area (Å²) in [6.07, 6.45) is 0. The minimum atomic E-state index is -4.13. The summed E-state index contributed by atoms with van der Waals surface area (Å²) < 4.78 is 36.7. The molecule has 0 spiro atoms. The number of hydrogen-bond donors (Lipinski definition) is 2. The van der Waals surface area contributed by atoms with Crippen molar-refractivity contribution in [2.24, 2.45) is 5.14 Å². The molecule has 0 bridgehead atoms. The molecule has 0 radical (unpaired) electrons. The molecule has 1 heterocycles. The Labute approximate surface area is 137 Å². The number of rotatable bonds is 2. The van der Waals surface area contributed by atoms with E-state index in [2.05, 4.69) is 21.2 Å². The summed E-state index contributed by atoms with van der Waals surface area (Å²) in [7, 11) is -4.13. The van der Waals surface area contributed by atoms with E-state index in [4.69, 9.17) is 5.14 Å². The summed E-state index contributed by atoms with van der Waals surface area (Å²) in [5.74, 6) is -1.26. The van der Waals surface area contributed by atoms with E-state index in [1.807, 2.05) is 13.8 Å². The van der Waals surface area contributed by atoms with Gasteiger partial charge in [-0.1, -0.05) is 0 Å². The number of carbonyl (C=O) groups is 1. The zero-order valence-corrected chi connectivity index (χ0v) is 14.5. The fourth-order valence-electron chi connectivity index (χ4n) is 2.59. The highest BCUT2D eigenvalue weighted by Gasteiger charge is 2.29. The average Bonchev–Trinajstić information content (AvgIpc) is 2.37. The largest absolute Gasteiger partial charge is 0.336 e. The lowest BCUT2D eigenvalue weighted by Crippen LogP contribution is -2.55. The normalized spacial score (nSPS) is 22.7. The van der Waals surface area contributed by atoms with Crippen LogP contribution < -0.4 is 10.5 Å². The quantitative estimate of drug-likeness (QED) is 0.785. The van der Waals surface area contributed by atoms with Gasteiger partial charge in [0.05, 0.1) is 14.9 Å². The number of primary sulfonamides is 1. The molecule has 2 atom stereocenters. The number of benzene rings is 1. The number of carbonyl (C=O) groups excluding carboxylic acids is 1. The van der Waals surface area contributed by atoms with Gasteiger partial charge in [-0.3, -0.25) is 4.79 Å². The lowest BCUT2D eigenvalue weighted by Gasteiger charge is -2.36. The Kier molecular flexibility index (Phi) is 4.90. The fourth-order valence-corrected chi connectivity index (χ4v) is 4.30. The smallest absolute Gasteiger partial charge is 0.255 e. The van der Waals surface area contributed by atoms with Gasteiger partial charge < -0.3 is 10.2 Å². The first kappa shape index (κ1) is 17.3. The van der Waals surface area contributed by atoms with E-state index in [9.17, 15) is 17.6 Å². The Bertz CT molecular complexity index is 701. The minimum absolute atomic E-state index is 0.0137. The third-order valence-corrected chi connectivity index (χ3v) is 5.44. The van der Waals surface area contributed by atoms with Crippen LogP contribution in [0.4, 0.5) is 4.39 Å². The molecule has 0 unspecified atom stereocenters. The van der Waals surface area contributed by atoms with E-state index in [1.165, 1.54) is 0 Å². The molecule has 1 saturated heterocycles. The van der Waals surface area contributed by atoms with E-state index in [0.717, 1.165) is 12.1 Å². The molecule has 0 aromatic heterocycles. The molecule has 0 aliphatic carbocycles. The van der Waals surface area contributed by atoms with Gasteiger partial charge in [-0.25, -0.2) is 17.9 Å². The summed E-state index contributed by atoms with van der Waals surface area (Å²) in [6.45, 7) is 4.78. The van der Waals surface area contributed by atoms with Gasteiger partial charge in [0.1, 0.15) is 5.82 Å². The third-order valence-electron chi connectivity index (χ3n) is 3.39. The lowest BCUT2D eigenvalue weighted by atomic mass is 10.1. The number of nitrogens with two attached hydrogens (primary N) is 1. The van der Waals surface area contributed by atoms with Crippen molar-refractivity contribution < 1.29 is 17.6 Å². The zero-order valence-electron chi connectivity index (χ0n) is 12.1. The van der Waals surface area contributed by atoms with E-state index >= 15 is 0 Å². The first-order valence-electron chi connectivity index (χ1n) is 6.66. The van der Waals surface area contributed by atoms with Gasteiger partial charge in [0.25, 0.3) is 5.91 Å². The van der Waals surface area contributed by atoms with Crippen LogP contribution >= 0.6 is 15.9 Å². The van der Waals surface area contributed by atoms with Crippen molar-refractivity contribution in [3.8, 4) is 0 Å². The molecule has 0 saturated carbocycles. The van der Waals surface area contributed by atoms with Crippen LogP contribution in [0.25, 0.3) is 0 Å². The standard InChI is InChI=1S/C13H17BrFN3O3S/c1-7-5-18(6-8(2)17-7)13(19)10-3-9(15)4-11(12(10)14)22(16,20)21/h3-4,7-8,17H,5-6H2,1-2H3,(H2,16,20,21)/t7-,8+. The van der Waals surface area contributed by atoms with Gasteiger partial charge in [0.15, 0.2) is 0 Å². The minimum Gasteiger partial charge on any atom is -0.336 e. The Morgan fingerprint density at radius 3 is 2.41 bits per heavy atom. The van der Waals surface area contributed by atoms with Crippen molar-refractivity contribution >= 4 is 31.9 Å². The fraction of sp³-hybridized carbons (Fsp3) is 0.462. The Balaban J connectivity index is 2.44. The average molecular weight is 394 g/mol. The third kappa shape index (κ3) is 3.65. The van der Waals surface area contributed by atoms with Gasteiger partial charge in [-0.15, -0.1) is 0 Å². The Hall–Kier alpha value is -1.03. The molecule has 122 valence electrons. The van der Waals surface area contributed by atoms with Gasteiger partial charge in [-0.05, 0) is 41.9 Å². The number of piperazine rings is 1. The summed E-state index contributed by atoms with van der Waals surface area (Å²) >= 11 is 3.06. The van der Waals surface area contributed by atoms with Gasteiger partial charge in [-0.2, -0.15) is 0 Å². The molecule has 1 amide bonds. The number of halogens is 2. The molecule has 6 nitrogen and oxygen atoms in total. The SMILES string of the molecule is C[C@@H]1CN(C(=O)c2cc(F)cc(S(N)(=O)=O)c2Br)C[C@H](C)N1. The van der Waals surface area contributed by atoms with Gasteiger partial charge in [0.2, 0.25) is 10.0 Å². The van der Waals surface area contributed by atoms with Crippen LogP contribution in [-0.4, -0.2) is 44.4 Å². The lowest BCUT2D eigenvalue weighted by molar-refractivity contribution is 0.0672. The molecule has 1 fully saturated rings. The number of hydrogen-bond acceptors (Lipinski definition) is 4. The van der Waals surface area contributed by atoms with Crippen LogP contribution in [0.5, 0.6) is 0 Å². The highest BCUT2D eigenvalue weighted by Crippen LogP contribution is 2.28. The van der Waals surface area contributed by atoms with Crippen molar-refractivity contribution in [2.45, 2.75) is 30.8 Å². The van der Waals surface area contributed by atoms with Crippen LogP contribution in [-0.2, 0) is 10.0 Å². The Morgan fingerprint density at radius 2 is 1.91 bits per heavy atom. The van der Waals surface area contributed by atoms with Gasteiger partial charge >= 0.3 is 0 Å². The van der Waals surface area contributed by atoms with Crippen molar-refractivity contribution in [2.75, 3.05) is 13.1 Å². The molecule has 1 aromatic carbocycles. The predicted molar refractivity (Wildman–Crippen MR) is 83.4 cm³/mol. The van der Waals surface area contributed by atoms with Crippen LogP contribution in [0.3, 0.4) is 0 Å². The van der Waals surface area contributed by atoms with E-state index in [-0.39, 0.29) is 22.1 Å². The molecule has 22 heavy (non-hydrogen) atoms. The van der Waals surface area contributed by atoms with E-state index < -0.39 is 26.6 Å². The predicted octanol–water partition coefficient (Wildman–Crippen LogP) is 1.06. The maximum atomic E-state index is 13.7. The summed E-state index contributed by atoms with van der Waals surface area (Å²) in [5.41, 5.74) is -0.0506. The number of nitrogens with zero attached hydrogens (tertiary/aromatic N) is 1. The molecule has 1 aliphatic heterocycles. The monoisotopic (exact) mass is 393 g/mol. The first-order valence-corrected chi connectivity index (χ1v) is 9.00. The molecule has 2 rings (SSSR count). The van der Waals surface area contributed by atoms with Crippen molar-refractivity contribution in [1.29, 1.82) is 0 Å². The van der Waals surface area contributed by atoms with Crippen LogP contribution in [0.2, 0.25) is 0 Å². The number of sulfonamides is 1. The van der Waals surface area contributed by atoms with E-state index in [1.54, 1.807) is 4.90 Å². The summed E-state index contributed by atoms with van der Waals surface area (Å²) in [6, 6.07) is 1.99. The van der Waals surface area contributed by atoms with Gasteiger partial charge in [0, 0.05) is 25.2 Å². The van der Waals surface area contributed by atoms with Crippen LogP contribution in [0.1, 0.15) is 24.2 Å². The molecule has 1 aliphatic rings. The van der Waals surface area contributed by atoms with Crippen LogP contribution in [0, 0.1) is 5.82 Å². The number of nitrogens with one attached hydrogen (secondary N) is 1. The molecule has 1 aromatic rings. The molecular formula is C13H17BrFN3O3S. The maximum absolute atomic E-state index is 13.7. The van der Waals surface area contributed by atoms with Crippen molar-refractivity contribution in [1.82, 2.24) is 10.2 Å². The number of amides is 1. The molecular weight excluding hydrogens is 377 g/mol. The molecule has 9 heteroatoms. The molecule has 3 N–H and O–H groups in total. The van der Waals surface area contributed by atoms with Crippen molar-refractivity contribution in [3.63, 3.8) is 0 Å². The Morgan fingerprint density at radius 1 is 1.36 bits per heavy atom. The maximum Gasteiger partial charge on any atom is 0.255 e. The zero-order chi connectivity index (χ0) is 16.7. The second-order valence-electron chi connectivity index (χ2n) is 5.49. The highest BCUT2D eigenvalue weighted by molar-refractivity contribution is 9.10. The topological polar surface area (TPSA) is 92.5 Å². The second kappa shape index (κ2) is 6.23. The van der Waals surface area contributed by atoms with E-state index in [0.29, 0.717) is 13.1 Å². The van der Waals surface area contributed by atoms with Crippen LogP contribution in [0.15, 0.2) is 21.5 Å². The summed E-state index contributed by atoms with van der Waals surface area (Å²) in [5, 5.41) is 8.34. The van der Waals surface area contributed by atoms with Crippen molar-refractivity contribution in [3.05, 3.63) is 28.0 Å². The second-order valence-corrected chi connectivity index (χ2v) is 7.81. The highest BCUT2D eigenvalue weighted by atomic mass is 79.9. The first-order chi connectivity index (χ1) is 10.1. The summed E-state index contributed by atoms with van der Waals surface area (Å²) in [4.78, 5) is 13.7.